The minimum atomic E-state index is -4.36. The number of hydrogen-bond donors (Lipinski definition) is 1. The first-order chi connectivity index (χ1) is 17.3. The number of nitro groups is 1. The molecule has 180 valence electrons. The number of non-ortho nitro benzene ring substituents is 1. The quantitative estimate of drug-likeness (QED) is 0.112. The molecule has 11 nitrogen and oxygen atoms in total. The van der Waals surface area contributed by atoms with Gasteiger partial charge < -0.3 is 4.18 Å². The van der Waals surface area contributed by atoms with Gasteiger partial charge in [0.2, 0.25) is 5.13 Å². The highest BCUT2D eigenvalue weighted by Crippen LogP contribution is 2.30. The van der Waals surface area contributed by atoms with Crippen molar-refractivity contribution in [3.63, 3.8) is 0 Å². The molecule has 0 aliphatic rings. The zero-order valence-electron chi connectivity index (χ0n) is 17.9. The molecule has 0 radical (unpaired) electrons. The van der Waals surface area contributed by atoms with Crippen LogP contribution in [0.3, 0.4) is 0 Å². The fraction of sp³-hybridized carbons (Fsp3) is 0. The maximum Gasteiger partial charge on any atom is 0.339 e. The van der Waals surface area contributed by atoms with Crippen LogP contribution in [0.25, 0.3) is 16.0 Å². The number of carbonyl (C=O) groups is 1. The van der Waals surface area contributed by atoms with E-state index >= 15 is 0 Å². The topological polar surface area (TPSA) is 165 Å². The molecule has 0 unspecified atom stereocenters. The zero-order chi connectivity index (χ0) is 25.7. The first kappa shape index (κ1) is 24.7. The van der Waals surface area contributed by atoms with E-state index in [0.29, 0.717) is 5.01 Å². The number of nitrogens with one attached hydrogen (secondary N) is 1. The van der Waals surface area contributed by atoms with Crippen molar-refractivity contribution < 1.29 is 22.3 Å². The molecule has 0 saturated carbocycles. The largest absolute Gasteiger partial charge is 0.378 e. The molecule has 36 heavy (non-hydrogen) atoms. The summed E-state index contributed by atoms with van der Waals surface area (Å²) in [6.07, 6.45) is 1.18. The normalized spacial score (nSPS) is 11.5. The van der Waals surface area contributed by atoms with Crippen LogP contribution in [0.4, 0.5) is 10.8 Å². The first-order valence-corrected chi connectivity index (χ1v) is 13.0. The van der Waals surface area contributed by atoms with Crippen molar-refractivity contribution in [2.75, 3.05) is 5.32 Å². The SMILES string of the molecule is N#C/C(=C\c1ccccc1OS(=O)(=O)c1ccc([N+](=O)[O-])cc1)C(=O)Nc1nnc(-c2cccs2)s1. The number of para-hydroxylation sites is 1. The zero-order valence-corrected chi connectivity index (χ0v) is 20.3. The molecule has 2 aromatic heterocycles. The Labute approximate surface area is 212 Å². The number of carbonyl (C=O) groups excluding carboxylic acids is 1. The van der Waals surface area contributed by atoms with Gasteiger partial charge in [0.05, 0.1) is 9.80 Å². The van der Waals surface area contributed by atoms with Gasteiger partial charge in [-0.3, -0.25) is 20.2 Å². The maximum atomic E-state index is 12.7. The number of amides is 1. The number of nitriles is 1. The van der Waals surface area contributed by atoms with Crippen molar-refractivity contribution in [2.24, 2.45) is 0 Å². The minimum Gasteiger partial charge on any atom is -0.378 e. The van der Waals surface area contributed by atoms with E-state index < -0.39 is 20.9 Å². The highest BCUT2D eigenvalue weighted by molar-refractivity contribution is 7.87. The summed E-state index contributed by atoms with van der Waals surface area (Å²) in [7, 11) is -4.36. The van der Waals surface area contributed by atoms with Gasteiger partial charge in [-0.05, 0) is 35.7 Å². The molecular formula is C22H13N5O6S3. The third-order valence-electron chi connectivity index (χ3n) is 4.50. The summed E-state index contributed by atoms with van der Waals surface area (Å²) in [5, 5.41) is 33.5. The monoisotopic (exact) mass is 539 g/mol. The number of benzene rings is 2. The highest BCUT2D eigenvalue weighted by atomic mass is 32.2. The Bertz CT molecular complexity index is 1600. The molecule has 0 atom stereocenters. The molecule has 0 bridgehead atoms. The number of anilines is 1. The summed E-state index contributed by atoms with van der Waals surface area (Å²) in [5.41, 5.74) is -0.460. The fourth-order valence-electron chi connectivity index (χ4n) is 2.82. The smallest absolute Gasteiger partial charge is 0.339 e. The number of nitrogens with zero attached hydrogens (tertiary/aromatic N) is 4. The second-order valence-electron chi connectivity index (χ2n) is 6.84. The van der Waals surface area contributed by atoms with Gasteiger partial charge in [-0.2, -0.15) is 13.7 Å². The number of rotatable bonds is 8. The third-order valence-corrected chi connectivity index (χ3v) is 7.62. The number of hydrogen-bond acceptors (Lipinski definition) is 11. The van der Waals surface area contributed by atoms with Gasteiger partial charge in [-0.1, -0.05) is 35.6 Å². The summed E-state index contributed by atoms with van der Waals surface area (Å²) in [6, 6.07) is 15.6. The van der Waals surface area contributed by atoms with Gasteiger partial charge in [0.25, 0.3) is 11.6 Å². The molecule has 14 heteroatoms. The number of aromatic nitrogens is 2. The van der Waals surface area contributed by atoms with E-state index in [1.165, 1.54) is 35.6 Å². The molecule has 0 saturated heterocycles. The summed E-state index contributed by atoms with van der Waals surface area (Å²) in [5.74, 6) is -0.910. The van der Waals surface area contributed by atoms with Crippen LogP contribution in [-0.4, -0.2) is 29.4 Å². The van der Waals surface area contributed by atoms with Crippen molar-refractivity contribution >= 4 is 55.6 Å². The van der Waals surface area contributed by atoms with Crippen LogP contribution in [0.5, 0.6) is 5.75 Å². The Morgan fingerprint density at radius 2 is 1.86 bits per heavy atom. The molecule has 1 N–H and O–H groups in total. The first-order valence-electron chi connectivity index (χ1n) is 9.85. The summed E-state index contributed by atoms with van der Waals surface area (Å²) < 4.78 is 30.6. The Morgan fingerprint density at radius 3 is 2.53 bits per heavy atom. The Balaban J connectivity index is 1.55. The average molecular weight is 540 g/mol. The Morgan fingerprint density at radius 1 is 1.11 bits per heavy atom. The second-order valence-corrected chi connectivity index (χ2v) is 10.3. The third kappa shape index (κ3) is 5.61. The average Bonchev–Trinajstić information content (AvgIpc) is 3.55. The van der Waals surface area contributed by atoms with E-state index in [-0.39, 0.29) is 32.6 Å². The predicted molar refractivity (Wildman–Crippen MR) is 133 cm³/mol. The van der Waals surface area contributed by atoms with E-state index in [1.807, 2.05) is 17.5 Å². The van der Waals surface area contributed by atoms with Gasteiger partial charge in [0.1, 0.15) is 22.3 Å². The Kier molecular flexibility index (Phi) is 7.15. The Hall–Kier alpha value is -4.45. The summed E-state index contributed by atoms with van der Waals surface area (Å²) in [4.78, 5) is 23.4. The van der Waals surface area contributed by atoms with Crippen LogP contribution in [-0.2, 0) is 14.9 Å². The lowest BCUT2D eigenvalue weighted by Crippen LogP contribution is -2.14. The van der Waals surface area contributed by atoms with Gasteiger partial charge in [0, 0.05) is 17.7 Å². The minimum absolute atomic E-state index is 0.145. The molecule has 2 heterocycles. The standard InChI is InChI=1S/C22H13N5O6S3/c23-13-15(20(28)24-22-26-25-21(35-22)19-6-3-11-34-19)12-14-4-1-2-5-18(14)33-36(31,32)17-9-7-16(8-10-17)27(29)30/h1-12H,(H,24,26,28)/b15-12+. The molecule has 0 fully saturated rings. The summed E-state index contributed by atoms with van der Waals surface area (Å²) in [6.45, 7) is 0. The maximum absolute atomic E-state index is 12.7. The van der Waals surface area contributed by atoms with Crippen molar-refractivity contribution in [2.45, 2.75) is 4.90 Å². The molecule has 0 aliphatic heterocycles. The van der Waals surface area contributed by atoms with E-state index in [9.17, 15) is 28.6 Å². The lowest BCUT2D eigenvalue weighted by Gasteiger charge is -2.10. The highest BCUT2D eigenvalue weighted by Gasteiger charge is 2.20. The van der Waals surface area contributed by atoms with Crippen molar-refractivity contribution in [1.82, 2.24) is 10.2 Å². The van der Waals surface area contributed by atoms with Crippen molar-refractivity contribution in [1.29, 1.82) is 5.26 Å². The molecule has 4 rings (SSSR count). The number of nitro benzene ring substituents is 1. The van der Waals surface area contributed by atoms with Crippen LogP contribution >= 0.6 is 22.7 Å². The molecular weight excluding hydrogens is 526 g/mol. The lowest BCUT2D eigenvalue weighted by molar-refractivity contribution is -0.384. The van der Waals surface area contributed by atoms with Gasteiger partial charge in [-0.15, -0.1) is 21.5 Å². The van der Waals surface area contributed by atoms with Gasteiger partial charge in [-0.25, -0.2) is 0 Å². The van der Waals surface area contributed by atoms with Crippen LogP contribution in [0.2, 0.25) is 0 Å². The fourth-order valence-corrected chi connectivity index (χ4v) is 5.30. The predicted octanol–water partition coefficient (Wildman–Crippen LogP) is 4.49. The van der Waals surface area contributed by atoms with Crippen LogP contribution in [0.15, 0.2) is 76.5 Å². The second kappa shape index (κ2) is 10.4. The molecule has 4 aromatic rings. The van der Waals surface area contributed by atoms with E-state index in [2.05, 4.69) is 15.5 Å². The van der Waals surface area contributed by atoms with Crippen molar-refractivity contribution in [3.8, 4) is 21.7 Å². The molecule has 0 spiro atoms. The molecule has 1 amide bonds. The van der Waals surface area contributed by atoms with E-state index in [0.717, 1.165) is 40.5 Å². The molecule has 0 aliphatic carbocycles. The van der Waals surface area contributed by atoms with Crippen LogP contribution in [0.1, 0.15) is 5.56 Å². The van der Waals surface area contributed by atoms with Gasteiger partial charge >= 0.3 is 10.1 Å². The number of thiophene rings is 1. The van der Waals surface area contributed by atoms with E-state index in [4.69, 9.17) is 4.18 Å². The van der Waals surface area contributed by atoms with Crippen LogP contribution in [0, 0.1) is 21.4 Å². The van der Waals surface area contributed by atoms with Crippen molar-refractivity contribution in [3.05, 3.63) is 87.3 Å². The van der Waals surface area contributed by atoms with E-state index in [1.54, 1.807) is 12.1 Å². The lowest BCUT2D eigenvalue weighted by atomic mass is 10.1. The van der Waals surface area contributed by atoms with Crippen LogP contribution < -0.4 is 9.50 Å². The van der Waals surface area contributed by atoms with Gasteiger partial charge in [0.15, 0.2) is 5.01 Å². The molecule has 2 aromatic carbocycles. The summed E-state index contributed by atoms with van der Waals surface area (Å²) >= 11 is 2.60.